The molecule has 0 unspecified atom stereocenters. The van der Waals surface area contributed by atoms with Crippen molar-refractivity contribution in [2.45, 2.75) is 20.0 Å². The number of alkyl halides is 3. The van der Waals surface area contributed by atoms with Crippen LogP contribution in [-0.4, -0.2) is 32.5 Å². The Morgan fingerprint density at radius 1 is 1.06 bits per heavy atom. The van der Waals surface area contributed by atoms with Crippen LogP contribution in [0.3, 0.4) is 0 Å². The molecule has 3 aromatic rings. The molecule has 13 heteroatoms. The van der Waals surface area contributed by atoms with Gasteiger partial charge in [-0.15, -0.1) is 0 Å². The third-order valence-electron chi connectivity index (χ3n) is 4.23. The molecule has 0 radical (unpaired) electrons. The number of hydrogen-bond acceptors (Lipinski definition) is 5. The number of hydrogen-bond donors (Lipinski definition) is 3. The number of nitrogens with one attached hydrogen (secondary N) is 3. The molecule has 0 fully saturated rings. The van der Waals surface area contributed by atoms with Crippen LogP contribution < -0.4 is 16.2 Å². The first-order valence-electron chi connectivity index (χ1n) is 9.24. The summed E-state index contributed by atoms with van der Waals surface area (Å²) < 4.78 is 40.6. The summed E-state index contributed by atoms with van der Waals surface area (Å²) in [4.78, 5) is 40.6. The number of carbonyl (C=O) groups is 3. The van der Waals surface area contributed by atoms with Gasteiger partial charge < -0.3 is 5.32 Å². The number of pyridine rings is 1. The SMILES string of the molecule is CC(=O)NNC(=O)c1cc(Cl)cc(C)c1NC(=O)c1cc(C(F)(F)F)nn1-c1ccccn1. The molecule has 1 aromatic carbocycles. The molecule has 0 aliphatic heterocycles. The number of amides is 3. The van der Waals surface area contributed by atoms with Crippen molar-refractivity contribution in [2.75, 3.05) is 5.32 Å². The fourth-order valence-corrected chi connectivity index (χ4v) is 3.09. The molecule has 0 saturated heterocycles. The third-order valence-corrected chi connectivity index (χ3v) is 4.45. The highest BCUT2D eigenvalue weighted by Gasteiger charge is 2.36. The second-order valence-corrected chi connectivity index (χ2v) is 7.18. The van der Waals surface area contributed by atoms with Gasteiger partial charge in [0.25, 0.3) is 11.8 Å². The first kappa shape index (κ1) is 23.7. The van der Waals surface area contributed by atoms with E-state index in [1.165, 1.54) is 44.3 Å². The maximum atomic E-state index is 13.3. The summed E-state index contributed by atoms with van der Waals surface area (Å²) in [6.07, 6.45) is -3.48. The Balaban J connectivity index is 2.04. The second kappa shape index (κ2) is 9.28. The van der Waals surface area contributed by atoms with E-state index in [0.29, 0.717) is 11.6 Å². The fourth-order valence-electron chi connectivity index (χ4n) is 2.81. The Morgan fingerprint density at radius 2 is 1.79 bits per heavy atom. The average Bonchev–Trinajstić information content (AvgIpc) is 3.20. The number of anilines is 1. The Bertz CT molecular complexity index is 1230. The smallest absolute Gasteiger partial charge is 0.320 e. The Kier molecular flexibility index (Phi) is 6.68. The summed E-state index contributed by atoms with van der Waals surface area (Å²) in [7, 11) is 0. The predicted molar refractivity (Wildman–Crippen MR) is 112 cm³/mol. The standard InChI is InChI=1S/C20H16ClF3N6O3/c1-10-7-12(21)8-13(18(32)28-27-11(2)31)17(10)26-19(33)14-9-15(20(22,23)24)29-30(14)16-5-3-4-6-25-16/h3-9H,1-2H3,(H,26,33)(H,27,31)(H,28,32). The molecule has 3 rings (SSSR count). The number of halogens is 4. The number of hydrazine groups is 1. The summed E-state index contributed by atoms with van der Waals surface area (Å²) in [6.45, 7) is 2.71. The van der Waals surface area contributed by atoms with Crippen LogP contribution in [0, 0.1) is 6.92 Å². The lowest BCUT2D eigenvalue weighted by atomic mass is 10.1. The van der Waals surface area contributed by atoms with Gasteiger partial charge in [-0.05, 0) is 36.8 Å². The van der Waals surface area contributed by atoms with Crippen molar-refractivity contribution in [3.05, 3.63) is 70.1 Å². The largest absolute Gasteiger partial charge is 0.435 e. The zero-order chi connectivity index (χ0) is 24.3. The lowest BCUT2D eigenvalue weighted by Crippen LogP contribution is -2.40. The lowest BCUT2D eigenvalue weighted by Gasteiger charge is -2.15. The van der Waals surface area contributed by atoms with E-state index < -0.39 is 35.3 Å². The van der Waals surface area contributed by atoms with Crippen molar-refractivity contribution in [2.24, 2.45) is 0 Å². The van der Waals surface area contributed by atoms with Gasteiger partial charge in [0, 0.05) is 24.2 Å². The third kappa shape index (κ3) is 5.47. The molecular weight excluding hydrogens is 465 g/mol. The number of carbonyl (C=O) groups excluding carboxylic acids is 3. The van der Waals surface area contributed by atoms with Crippen LogP contribution in [0.1, 0.15) is 39.0 Å². The summed E-state index contributed by atoms with van der Waals surface area (Å²) >= 11 is 6.01. The summed E-state index contributed by atoms with van der Waals surface area (Å²) in [6, 6.07) is 7.71. The molecule has 3 amide bonds. The van der Waals surface area contributed by atoms with Crippen LogP contribution >= 0.6 is 11.6 Å². The van der Waals surface area contributed by atoms with Gasteiger partial charge in [-0.25, -0.2) is 9.67 Å². The zero-order valence-corrected chi connectivity index (χ0v) is 17.9. The van der Waals surface area contributed by atoms with Gasteiger partial charge in [0.05, 0.1) is 11.3 Å². The summed E-state index contributed by atoms with van der Waals surface area (Å²) in [5.74, 6) is -2.36. The van der Waals surface area contributed by atoms with Crippen molar-refractivity contribution in [3.8, 4) is 5.82 Å². The summed E-state index contributed by atoms with van der Waals surface area (Å²) in [5, 5.41) is 6.08. The first-order valence-corrected chi connectivity index (χ1v) is 9.62. The van der Waals surface area contributed by atoms with Gasteiger partial charge in [0.1, 0.15) is 5.69 Å². The Hall–Kier alpha value is -3.93. The minimum atomic E-state index is -4.81. The highest BCUT2D eigenvalue weighted by molar-refractivity contribution is 6.31. The van der Waals surface area contributed by atoms with Crippen LogP contribution in [0.15, 0.2) is 42.6 Å². The van der Waals surface area contributed by atoms with Crippen molar-refractivity contribution in [3.63, 3.8) is 0 Å². The molecule has 0 aliphatic carbocycles. The highest BCUT2D eigenvalue weighted by Crippen LogP contribution is 2.30. The molecular formula is C20H16ClF3N6O3. The van der Waals surface area contributed by atoms with Crippen LogP contribution in [0.25, 0.3) is 5.82 Å². The molecule has 0 saturated carbocycles. The monoisotopic (exact) mass is 480 g/mol. The Labute approximate surface area is 189 Å². The molecule has 0 aliphatic rings. The lowest BCUT2D eigenvalue weighted by molar-refractivity contribution is -0.141. The van der Waals surface area contributed by atoms with Gasteiger partial charge in [-0.3, -0.25) is 25.2 Å². The maximum absolute atomic E-state index is 13.3. The summed E-state index contributed by atoms with van der Waals surface area (Å²) in [5.41, 5.74) is 2.69. The number of aryl methyl sites for hydroxylation is 1. The minimum absolute atomic E-state index is 0.0189. The quantitative estimate of drug-likeness (QED) is 0.495. The van der Waals surface area contributed by atoms with E-state index in [-0.39, 0.29) is 22.1 Å². The molecule has 9 nitrogen and oxygen atoms in total. The number of rotatable bonds is 4. The fraction of sp³-hybridized carbons (Fsp3) is 0.150. The van der Waals surface area contributed by atoms with Crippen LogP contribution in [-0.2, 0) is 11.0 Å². The molecule has 33 heavy (non-hydrogen) atoms. The van der Waals surface area contributed by atoms with Gasteiger partial charge >= 0.3 is 6.18 Å². The van der Waals surface area contributed by atoms with Gasteiger partial charge in [0.15, 0.2) is 11.5 Å². The molecule has 0 spiro atoms. The zero-order valence-electron chi connectivity index (χ0n) is 17.1. The van der Waals surface area contributed by atoms with Gasteiger partial charge in [-0.2, -0.15) is 18.3 Å². The Morgan fingerprint density at radius 3 is 2.39 bits per heavy atom. The molecule has 0 bridgehead atoms. The molecule has 2 aromatic heterocycles. The van der Waals surface area contributed by atoms with E-state index >= 15 is 0 Å². The number of benzene rings is 1. The number of nitrogens with zero attached hydrogens (tertiary/aromatic N) is 3. The van der Waals surface area contributed by atoms with E-state index in [2.05, 4.69) is 26.3 Å². The maximum Gasteiger partial charge on any atom is 0.435 e. The van der Waals surface area contributed by atoms with E-state index in [1.54, 1.807) is 6.07 Å². The highest BCUT2D eigenvalue weighted by atomic mass is 35.5. The molecule has 172 valence electrons. The van der Waals surface area contributed by atoms with Crippen LogP contribution in [0.2, 0.25) is 5.02 Å². The first-order chi connectivity index (χ1) is 15.5. The topological polar surface area (TPSA) is 118 Å². The van der Waals surface area contributed by atoms with E-state index in [4.69, 9.17) is 11.6 Å². The minimum Gasteiger partial charge on any atom is -0.320 e. The molecule has 2 heterocycles. The normalized spacial score (nSPS) is 11.1. The van der Waals surface area contributed by atoms with E-state index in [9.17, 15) is 27.6 Å². The van der Waals surface area contributed by atoms with Crippen molar-refractivity contribution < 1.29 is 27.6 Å². The molecule has 3 N–H and O–H groups in total. The second-order valence-electron chi connectivity index (χ2n) is 6.75. The molecule has 0 atom stereocenters. The average molecular weight is 481 g/mol. The van der Waals surface area contributed by atoms with Gasteiger partial charge in [-0.1, -0.05) is 17.7 Å². The van der Waals surface area contributed by atoms with Crippen molar-refractivity contribution in [1.29, 1.82) is 0 Å². The van der Waals surface area contributed by atoms with Crippen LogP contribution in [0.5, 0.6) is 0 Å². The van der Waals surface area contributed by atoms with E-state index in [0.717, 1.165) is 4.68 Å². The van der Waals surface area contributed by atoms with Crippen LogP contribution in [0.4, 0.5) is 18.9 Å². The predicted octanol–water partition coefficient (Wildman–Crippen LogP) is 3.28. The van der Waals surface area contributed by atoms with E-state index in [1.807, 2.05) is 0 Å². The van der Waals surface area contributed by atoms with Gasteiger partial charge in [0.2, 0.25) is 5.91 Å². The van der Waals surface area contributed by atoms with Crippen molar-refractivity contribution in [1.82, 2.24) is 25.6 Å². The van der Waals surface area contributed by atoms with Crippen molar-refractivity contribution >= 4 is 35.0 Å². The number of aromatic nitrogens is 3.